The minimum Gasteiger partial charge on any atom is -0.300 e. The van der Waals surface area contributed by atoms with Gasteiger partial charge in [0.2, 0.25) is 0 Å². The largest absolute Gasteiger partial charge is 0.300 e. The van der Waals surface area contributed by atoms with E-state index in [1.807, 2.05) is 0 Å². The molecule has 5 aliphatic rings. The maximum Gasteiger partial charge on any atom is 0.0808 e. The lowest BCUT2D eigenvalue weighted by molar-refractivity contribution is 0.0842. The third-order valence-electron chi connectivity index (χ3n) is 9.00. The van der Waals surface area contributed by atoms with Crippen LogP contribution in [0.3, 0.4) is 0 Å². The zero-order valence-corrected chi connectivity index (χ0v) is 16.5. The zero-order chi connectivity index (χ0) is 17.1. The van der Waals surface area contributed by atoms with Gasteiger partial charge in [-0.05, 0) is 51.9 Å². The van der Waals surface area contributed by atoms with Crippen molar-refractivity contribution in [3.8, 4) is 0 Å². The number of nitrogens with one attached hydrogen (secondary N) is 2. The molecule has 0 aromatic carbocycles. The van der Waals surface area contributed by atoms with Crippen LogP contribution in [0.4, 0.5) is 0 Å². The molecule has 0 radical (unpaired) electrons. The molecule has 7 unspecified atom stereocenters. The van der Waals surface area contributed by atoms with Crippen LogP contribution in [0.2, 0.25) is 0 Å². The fraction of sp³-hybridized carbons (Fsp3) is 1.00. The summed E-state index contributed by atoms with van der Waals surface area (Å²) in [4.78, 5) is 3.04. The Morgan fingerprint density at radius 1 is 0.760 bits per heavy atom. The number of fused-ring (bicyclic) bond motifs is 9. The van der Waals surface area contributed by atoms with E-state index in [1.54, 1.807) is 0 Å². The highest BCUT2D eigenvalue weighted by Crippen LogP contribution is 2.56. The fourth-order valence-electron chi connectivity index (χ4n) is 7.31. The van der Waals surface area contributed by atoms with E-state index in [0.717, 1.165) is 24.0 Å². The highest BCUT2D eigenvalue weighted by molar-refractivity contribution is 5.32. The number of nitrogens with zero attached hydrogens (tertiary/aromatic N) is 1. The summed E-state index contributed by atoms with van der Waals surface area (Å²) in [6.07, 6.45) is 19.4. The van der Waals surface area contributed by atoms with Crippen molar-refractivity contribution >= 4 is 0 Å². The topological polar surface area (TPSA) is 37.2 Å². The van der Waals surface area contributed by atoms with E-state index in [9.17, 15) is 0 Å². The Labute approximate surface area is 154 Å². The molecule has 2 saturated carbocycles. The SMILES string of the molecule is CC12NC1(C)C1NC3CCCCCCC3N1C1CCCCCCC2C1. The summed E-state index contributed by atoms with van der Waals surface area (Å²) in [6, 6.07) is 2.38. The van der Waals surface area contributed by atoms with Gasteiger partial charge in [0.15, 0.2) is 0 Å². The Hall–Kier alpha value is -0.120. The standard InChI is InChI=1S/C22H39N3/c1-21-16-11-7-3-4-8-12-17(15-16)25-19-14-10-6-5-9-13-18(19)23-20(25)22(21,2)24-21/h16-20,23-24H,3-15H2,1-2H3. The third-order valence-corrected chi connectivity index (χ3v) is 9.00. The predicted molar refractivity (Wildman–Crippen MR) is 104 cm³/mol. The summed E-state index contributed by atoms with van der Waals surface area (Å²) in [5.74, 6) is 0.875. The van der Waals surface area contributed by atoms with E-state index in [-0.39, 0.29) is 5.54 Å². The van der Waals surface area contributed by atoms with Gasteiger partial charge in [-0.1, -0.05) is 51.4 Å². The van der Waals surface area contributed by atoms with Gasteiger partial charge in [0.05, 0.1) is 11.7 Å². The minimum absolute atomic E-state index is 0.284. The van der Waals surface area contributed by atoms with Gasteiger partial charge in [0.25, 0.3) is 0 Å². The molecule has 5 rings (SSSR count). The predicted octanol–water partition coefficient (Wildman–Crippen LogP) is 4.17. The quantitative estimate of drug-likeness (QED) is 0.647. The van der Waals surface area contributed by atoms with Crippen molar-refractivity contribution in [1.82, 2.24) is 15.5 Å². The van der Waals surface area contributed by atoms with E-state index >= 15 is 0 Å². The summed E-state index contributed by atoms with van der Waals surface area (Å²) in [5, 5.41) is 8.25. The van der Waals surface area contributed by atoms with Gasteiger partial charge in [-0.3, -0.25) is 15.5 Å². The smallest absolute Gasteiger partial charge is 0.0808 e. The Balaban J connectivity index is 1.50. The molecule has 0 aromatic rings. The third kappa shape index (κ3) is 2.56. The van der Waals surface area contributed by atoms with Gasteiger partial charge in [-0.15, -0.1) is 0 Å². The molecular weight excluding hydrogens is 306 g/mol. The van der Waals surface area contributed by atoms with Crippen LogP contribution in [0.25, 0.3) is 0 Å². The molecule has 2 N–H and O–H groups in total. The van der Waals surface area contributed by atoms with Gasteiger partial charge in [0, 0.05) is 23.7 Å². The Kier molecular flexibility index (Phi) is 4.22. The first-order chi connectivity index (χ1) is 12.1. The Morgan fingerprint density at radius 3 is 2.24 bits per heavy atom. The molecule has 5 fully saturated rings. The molecule has 2 aliphatic carbocycles. The maximum atomic E-state index is 4.19. The summed E-state index contributed by atoms with van der Waals surface area (Å²) in [7, 11) is 0. The molecule has 3 nitrogen and oxygen atoms in total. The van der Waals surface area contributed by atoms with Crippen molar-refractivity contribution in [3.05, 3.63) is 0 Å². The van der Waals surface area contributed by atoms with Crippen molar-refractivity contribution in [3.63, 3.8) is 0 Å². The molecule has 3 aliphatic heterocycles. The average Bonchev–Trinajstić information content (AvgIpc) is 2.98. The van der Waals surface area contributed by atoms with Crippen LogP contribution in [-0.4, -0.2) is 40.3 Å². The van der Waals surface area contributed by atoms with Crippen molar-refractivity contribution in [2.75, 3.05) is 0 Å². The van der Waals surface area contributed by atoms with Crippen LogP contribution < -0.4 is 10.6 Å². The van der Waals surface area contributed by atoms with E-state index in [2.05, 4.69) is 29.4 Å². The zero-order valence-electron chi connectivity index (χ0n) is 16.5. The lowest BCUT2D eigenvalue weighted by atomic mass is 9.78. The molecule has 142 valence electrons. The van der Waals surface area contributed by atoms with Crippen LogP contribution in [-0.2, 0) is 0 Å². The molecule has 2 bridgehead atoms. The number of hydrogen-bond acceptors (Lipinski definition) is 3. The summed E-state index contributed by atoms with van der Waals surface area (Å²) in [6.45, 7) is 5.09. The Morgan fingerprint density at radius 2 is 1.44 bits per heavy atom. The first-order valence-electron chi connectivity index (χ1n) is 11.5. The van der Waals surface area contributed by atoms with Crippen LogP contribution >= 0.6 is 0 Å². The summed E-state index contributed by atoms with van der Waals surface area (Å²) < 4.78 is 0. The highest BCUT2D eigenvalue weighted by Gasteiger charge is 2.72. The van der Waals surface area contributed by atoms with Crippen molar-refractivity contribution in [2.45, 2.75) is 133 Å². The first kappa shape index (κ1) is 17.0. The van der Waals surface area contributed by atoms with Gasteiger partial charge in [0.1, 0.15) is 0 Å². The maximum absolute atomic E-state index is 4.19. The molecule has 0 spiro atoms. The van der Waals surface area contributed by atoms with Gasteiger partial charge in [-0.25, -0.2) is 0 Å². The second-order valence-corrected chi connectivity index (χ2v) is 10.3. The minimum atomic E-state index is 0.284. The monoisotopic (exact) mass is 345 g/mol. The van der Waals surface area contributed by atoms with Crippen LogP contribution in [0.5, 0.6) is 0 Å². The van der Waals surface area contributed by atoms with Gasteiger partial charge < -0.3 is 0 Å². The van der Waals surface area contributed by atoms with Crippen molar-refractivity contribution in [2.24, 2.45) is 5.92 Å². The molecular formula is C22H39N3. The molecule has 3 heterocycles. The fourth-order valence-corrected chi connectivity index (χ4v) is 7.31. The van der Waals surface area contributed by atoms with E-state index < -0.39 is 0 Å². The van der Waals surface area contributed by atoms with E-state index in [1.165, 1.54) is 83.5 Å². The molecule has 3 saturated heterocycles. The van der Waals surface area contributed by atoms with Crippen LogP contribution in [0.1, 0.15) is 97.3 Å². The van der Waals surface area contributed by atoms with Crippen molar-refractivity contribution in [1.29, 1.82) is 0 Å². The summed E-state index contributed by atoms with van der Waals surface area (Å²) >= 11 is 0. The number of rotatable bonds is 0. The molecule has 0 amide bonds. The van der Waals surface area contributed by atoms with Crippen LogP contribution in [0.15, 0.2) is 0 Å². The van der Waals surface area contributed by atoms with Gasteiger partial charge >= 0.3 is 0 Å². The lowest BCUT2D eigenvalue weighted by Gasteiger charge is -2.39. The molecule has 0 aromatic heterocycles. The van der Waals surface area contributed by atoms with E-state index in [0.29, 0.717) is 11.7 Å². The molecule has 7 atom stereocenters. The van der Waals surface area contributed by atoms with Crippen LogP contribution in [0, 0.1) is 5.92 Å². The Bertz CT molecular complexity index is 508. The molecule has 3 heteroatoms. The second kappa shape index (κ2) is 6.21. The van der Waals surface area contributed by atoms with Gasteiger partial charge in [-0.2, -0.15) is 0 Å². The second-order valence-electron chi connectivity index (χ2n) is 10.3. The lowest BCUT2D eigenvalue weighted by Crippen LogP contribution is -2.53. The average molecular weight is 346 g/mol. The normalized spacial score (nSPS) is 53.8. The van der Waals surface area contributed by atoms with E-state index in [4.69, 9.17) is 0 Å². The molecule has 25 heavy (non-hydrogen) atoms. The number of hydrogen-bond donors (Lipinski definition) is 2. The van der Waals surface area contributed by atoms with Crippen molar-refractivity contribution < 1.29 is 0 Å². The summed E-state index contributed by atoms with van der Waals surface area (Å²) in [5.41, 5.74) is 0.647. The first-order valence-corrected chi connectivity index (χ1v) is 11.5. The highest BCUT2D eigenvalue weighted by atomic mass is 15.5.